The second kappa shape index (κ2) is 13.9. The summed E-state index contributed by atoms with van der Waals surface area (Å²) in [6, 6.07) is 16.6. The molecule has 1 saturated carbocycles. The number of carbonyl (C=O) groups excluding carboxylic acids is 4. The lowest BCUT2D eigenvalue weighted by atomic mass is 9.72. The Balaban J connectivity index is 0.000000262. The summed E-state index contributed by atoms with van der Waals surface area (Å²) in [5.74, 6) is -1.57. The number of imide groups is 1. The maximum Gasteiger partial charge on any atom is 0.317 e. The number of carbonyl (C=O) groups is 4. The zero-order valence-electron chi connectivity index (χ0n) is 20.1. The number of rotatable bonds is 7. The van der Waals surface area contributed by atoms with E-state index in [2.05, 4.69) is 12.2 Å². The second-order valence-corrected chi connectivity index (χ2v) is 7.79. The third-order valence-corrected chi connectivity index (χ3v) is 5.44. The minimum Gasteiger partial charge on any atom is -0.465 e. The first kappa shape index (κ1) is 26.7. The van der Waals surface area contributed by atoms with Gasteiger partial charge >= 0.3 is 5.97 Å². The zero-order valence-corrected chi connectivity index (χ0v) is 20.1. The summed E-state index contributed by atoms with van der Waals surface area (Å²) >= 11 is 0. The summed E-state index contributed by atoms with van der Waals surface area (Å²) in [5, 5.41) is 2.20. The number of nitrogens with one attached hydrogen (secondary N) is 1. The van der Waals surface area contributed by atoms with Crippen LogP contribution in [0.4, 0.5) is 0 Å². The van der Waals surface area contributed by atoms with Crippen molar-refractivity contribution in [2.45, 2.75) is 46.5 Å². The van der Waals surface area contributed by atoms with Gasteiger partial charge in [-0.2, -0.15) is 0 Å². The molecule has 0 spiro atoms. The first-order valence-electron chi connectivity index (χ1n) is 11.9. The molecule has 2 amide bonds. The summed E-state index contributed by atoms with van der Waals surface area (Å²) in [6.45, 7) is 6.52. The first-order chi connectivity index (χ1) is 16.5. The van der Waals surface area contributed by atoms with Gasteiger partial charge in [-0.1, -0.05) is 88.2 Å². The van der Waals surface area contributed by atoms with E-state index >= 15 is 0 Å². The second-order valence-electron chi connectivity index (χ2n) is 7.79. The van der Waals surface area contributed by atoms with Crippen LogP contribution in [0.5, 0.6) is 0 Å². The Morgan fingerprint density at radius 2 is 1.53 bits per heavy atom. The maximum atomic E-state index is 11.9. The highest BCUT2D eigenvalue weighted by molar-refractivity contribution is 6.21. The van der Waals surface area contributed by atoms with Crippen LogP contribution in [0.15, 0.2) is 60.7 Å². The van der Waals surface area contributed by atoms with Gasteiger partial charge in [-0.25, -0.2) is 0 Å². The summed E-state index contributed by atoms with van der Waals surface area (Å²) in [4.78, 5) is 45.5. The normalized spacial score (nSPS) is 18.0. The molecule has 180 valence electrons. The predicted octanol–water partition coefficient (Wildman–Crippen LogP) is 5.23. The van der Waals surface area contributed by atoms with Gasteiger partial charge < -0.3 is 4.74 Å². The lowest BCUT2D eigenvalue weighted by molar-refractivity contribution is -0.159. The number of ketones is 1. The average molecular weight is 464 g/mol. The number of amides is 2. The van der Waals surface area contributed by atoms with E-state index in [-0.39, 0.29) is 29.5 Å². The Morgan fingerprint density at radius 1 is 0.941 bits per heavy atom. The van der Waals surface area contributed by atoms with Crippen molar-refractivity contribution >= 4 is 29.6 Å². The van der Waals surface area contributed by atoms with Crippen LogP contribution >= 0.6 is 0 Å². The van der Waals surface area contributed by atoms with Gasteiger partial charge in [-0.05, 0) is 24.1 Å². The molecular formula is C28H33NO5. The third-order valence-electron chi connectivity index (χ3n) is 5.44. The van der Waals surface area contributed by atoms with Crippen molar-refractivity contribution in [2.75, 3.05) is 6.61 Å². The van der Waals surface area contributed by atoms with Crippen molar-refractivity contribution in [2.24, 2.45) is 11.8 Å². The number of unbranched alkanes of at least 4 members (excludes halogenated alkanes) is 2. The van der Waals surface area contributed by atoms with Gasteiger partial charge in [0.05, 0.1) is 17.7 Å². The van der Waals surface area contributed by atoms with Gasteiger partial charge in [-0.3, -0.25) is 24.5 Å². The van der Waals surface area contributed by atoms with E-state index in [1.54, 1.807) is 24.3 Å². The molecule has 1 aliphatic carbocycles. The van der Waals surface area contributed by atoms with Crippen LogP contribution in [0.25, 0.3) is 6.08 Å². The molecule has 34 heavy (non-hydrogen) atoms. The number of fused-ring (bicyclic) bond motifs is 1. The van der Waals surface area contributed by atoms with Crippen LogP contribution in [0.1, 0.15) is 72.7 Å². The molecule has 0 bridgehead atoms. The summed E-state index contributed by atoms with van der Waals surface area (Å²) in [5.41, 5.74) is 2.02. The number of benzene rings is 2. The van der Waals surface area contributed by atoms with E-state index in [0.29, 0.717) is 24.2 Å². The van der Waals surface area contributed by atoms with Crippen LogP contribution in [0.3, 0.4) is 0 Å². The SMILES string of the molecule is CC.CCCCCOC(=O)C1C(=O)C[C@H]1/C=C/c1ccccc1.O=C1NC(=O)c2ccccc21. The quantitative estimate of drug-likeness (QED) is 0.263. The van der Waals surface area contributed by atoms with Gasteiger partial charge in [0, 0.05) is 12.3 Å². The van der Waals surface area contributed by atoms with Gasteiger partial charge in [-0.15, -0.1) is 0 Å². The van der Waals surface area contributed by atoms with Crippen LogP contribution < -0.4 is 5.32 Å². The minimum absolute atomic E-state index is 0.00166. The Bertz CT molecular complexity index is 979. The van der Waals surface area contributed by atoms with Gasteiger partial charge in [0.1, 0.15) is 11.7 Å². The summed E-state index contributed by atoms with van der Waals surface area (Å²) < 4.78 is 5.21. The van der Waals surface area contributed by atoms with E-state index < -0.39 is 5.92 Å². The van der Waals surface area contributed by atoms with Gasteiger partial charge in [0.15, 0.2) is 0 Å². The molecule has 1 fully saturated rings. The van der Waals surface area contributed by atoms with Crippen LogP contribution in [-0.2, 0) is 14.3 Å². The number of hydrogen-bond donors (Lipinski definition) is 1. The molecule has 0 aromatic heterocycles. The maximum absolute atomic E-state index is 11.9. The lowest BCUT2D eigenvalue weighted by Crippen LogP contribution is -2.42. The molecule has 2 aromatic rings. The molecule has 1 N–H and O–H groups in total. The average Bonchev–Trinajstić information content (AvgIpc) is 3.15. The molecule has 6 nitrogen and oxygen atoms in total. The molecule has 6 heteroatoms. The Kier molecular flexibility index (Phi) is 10.9. The number of allylic oxidation sites excluding steroid dienone is 1. The van der Waals surface area contributed by atoms with Crippen molar-refractivity contribution in [3.63, 3.8) is 0 Å². The van der Waals surface area contributed by atoms with E-state index in [9.17, 15) is 19.2 Å². The molecule has 1 unspecified atom stereocenters. The van der Waals surface area contributed by atoms with Gasteiger partial charge in [0.25, 0.3) is 11.8 Å². The highest BCUT2D eigenvalue weighted by Crippen LogP contribution is 2.33. The lowest BCUT2D eigenvalue weighted by Gasteiger charge is -2.30. The molecule has 2 aromatic carbocycles. The molecule has 1 aliphatic heterocycles. The van der Waals surface area contributed by atoms with Crippen LogP contribution in [0.2, 0.25) is 0 Å². The van der Waals surface area contributed by atoms with Crippen LogP contribution in [0, 0.1) is 11.8 Å². The van der Waals surface area contributed by atoms with Gasteiger partial charge in [0.2, 0.25) is 0 Å². The molecule has 4 rings (SSSR count). The third kappa shape index (κ3) is 7.24. The molecule has 2 aliphatic rings. The zero-order chi connectivity index (χ0) is 24.9. The first-order valence-corrected chi connectivity index (χ1v) is 11.9. The molecule has 1 heterocycles. The monoisotopic (exact) mass is 463 g/mol. The fourth-order valence-electron chi connectivity index (χ4n) is 3.57. The van der Waals surface area contributed by atoms with E-state index in [1.165, 1.54) is 0 Å². The van der Waals surface area contributed by atoms with Crippen molar-refractivity contribution in [3.8, 4) is 0 Å². The largest absolute Gasteiger partial charge is 0.465 e. The fourth-order valence-corrected chi connectivity index (χ4v) is 3.57. The fraction of sp³-hybridized carbons (Fsp3) is 0.357. The van der Waals surface area contributed by atoms with E-state index in [4.69, 9.17) is 4.74 Å². The number of esters is 1. The summed E-state index contributed by atoms with van der Waals surface area (Å²) in [6.07, 6.45) is 7.36. The molecule has 2 atom stereocenters. The van der Waals surface area contributed by atoms with E-state index in [0.717, 1.165) is 24.8 Å². The Labute approximate surface area is 201 Å². The molecular weight excluding hydrogens is 430 g/mol. The Hall–Kier alpha value is -3.54. The highest BCUT2D eigenvalue weighted by atomic mass is 16.5. The smallest absolute Gasteiger partial charge is 0.317 e. The standard InChI is InChI=1S/C18H22O3.C8H5NO2.C2H6/c1-2-3-7-12-21-18(20)17-15(13-16(17)19)11-10-14-8-5-4-6-9-14;10-7-5-3-1-2-4-6(5)8(11)9-7;1-2/h4-6,8-11,15,17H,2-3,7,12-13H2,1H3;1-4H,(H,9,10,11);1-2H3/b11-10+;;/t15-,17?;;/m1../s1. The van der Waals surface area contributed by atoms with Crippen molar-refractivity contribution in [1.82, 2.24) is 5.32 Å². The van der Waals surface area contributed by atoms with Crippen molar-refractivity contribution < 1.29 is 23.9 Å². The summed E-state index contributed by atoms with van der Waals surface area (Å²) in [7, 11) is 0. The van der Waals surface area contributed by atoms with Crippen molar-refractivity contribution in [1.29, 1.82) is 0 Å². The van der Waals surface area contributed by atoms with E-state index in [1.807, 2.05) is 56.3 Å². The van der Waals surface area contributed by atoms with Crippen LogP contribution in [-0.4, -0.2) is 30.2 Å². The predicted molar refractivity (Wildman–Crippen MR) is 132 cm³/mol. The Morgan fingerprint density at radius 3 is 2.09 bits per heavy atom. The topological polar surface area (TPSA) is 89.5 Å². The van der Waals surface area contributed by atoms with Crippen molar-refractivity contribution in [3.05, 3.63) is 77.4 Å². The minimum atomic E-state index is -0.591. The number of hydrogen-bond acceptors (Lipinski definition) is 5. The molecule has 0 saturated heterocycles. The number of Topliss-reactive ketones (excluding diaryl/α,β-unsaturated/α-hetero) is 1. The highest BCUT2D eigenvalue weighted by Gasteiger charge is 2.44. The molecule has 0 radical (unpaired) electrons. The number of ether oxygens (including phenoxy) is 1.